The third-order valence-electron chi connectivity index (χ3n) is 3.79. The Morgan fingerprint density at radius 2 is 2.05 bits per heavy atom. The topological polar surface area (TPSA) is 38.5 Å². The maximum atomic E-state index is 5.66. The summed E-state index contributed by atoms with van der Waals surface area (Å²) in [6.07, 6.45) is 4.87. The fourth-order valence-corrected chi connectivity index (χ4v) is 2.65. The van der Waals surface area contributed by atoms with Gasteiger partial charge in [0, 0.05) is 25.7 Å². The summed E-state index contributed by atoms with van der Waals surface area (Å²) in [5, 5.41) is 0. The van der Waals surface area contributed by atoms with Gasteiger partial charge in [-0.1, -0.05) is 30.3 Å². The predicted molar refractivity (Wildman–Crippen MR) is 79.0 cm³/mol. The molecule has 1 aromatic carbocycles. The van der Waals surface area contributed by atoms with Crippen molar-refractivity contribution in [2.24, 2.45) is 5.73 Å². The summed E-state index contributed by atoms with van der Waals surface area (Å²) in [5.41, 5.74) is 7.05. The minimum absolute atomic E-state index is 0.501. The first-order chi connectivity index (χ1) is 9.35. The van der Waals surface area contributed by atoms with Gasteiger partial charge < -0.3 is 10.5 Å². The van der Waals surface area contributed by atoms with Crippen LogP contribution in [0.5, 0.6) is 0 Å². The van der Waals surface area contributed by atoms with E-state index in [-0.39, 0.29) is 0 Å². The SMILES string of the molecule is COCC(CCCN)N(Cc1ccccc1)C1CC1. The van der Waals surface area contributed by atoms with E-state index >= 15 is 0 Å². The molecule has 19 heavy (non-hydrogen) atoms. The molecule has 1 unspecified atom stereocenters. The smallest absolute Gasteiger partial charge is 0.0618 e. The van der Waals surface area contributed by atoms with Crippen LogP contribution in [0.15, 0.2) is 30.3 Å². The van der Waals surface area contributed by atoms with Gasteiger partial charge in [-0.25, -0.2) is 0 Å². The van der Waals surface area contributed by atoms with Crippen LogP contribution in [-0.2, 0) is 11.3 Å². The van der Waals surface area contributed by atoms with E-state index in [2.05, 4.69) is 35.2 Å². The van der Waals surface area contributed by atoms with Crippen LogP contribution < -0.4 is 5.73 Å². The standard InChI is InChI=1S/C16H26N2O/c1-19-13-16(8-5-11-17)18(15-9-10-15)12-14-6-3-2-4-7-14/h2-4,6-7,15-16H,5,8-13,17H2,1H3. The lowest BCUT2D eigenvalue weighted by molar-refractivity contribution is 0.0735. The average Bonchev–Trinajstić information content (AvgIpc) is 3.27. The third-order valence-corrected chi connectivity index (χ3v) is 3.79. The molecule has 0 saturated heterocycles. The molecule has 1 aromatic rings. The largest absolute Gasteiger partial charge is 0.383 e. The van der Waals surface area contributed by atoms with Crippen molar-refractivity contribution in [2.45, 2.75) is 44.3 Å². The Hall–Kier alpha value is -0.900. The molecular formula is C16H26N2O. The maximum Gasteiger partial charge on any atom is 0.0618 e. The highest BCUT2D eigenvalue weighted by molar-refractivity contribution is 5.15. The van der Waals surface area contributed by atoms with Gasteiger partial charge in [0.25, 0.3) is 0 Å². The molecule has 1 aliphatic carbocycles. The monoisotopic (exact) mass is 262 g/mol. The molecular weight excluding hydrogens is 236 g/mol. The number of nitrogens with two attached hydrogens (primary N) is 1. The quantitative estimate of drug-likeness (QED) is 0.742. The van der Waals surface area contributed by atoms with Gasteiger partial charge in [0.05, 0.1) is 6.61 Å². The van der Waals surface area contributed by atoms with Gasteiger partial charge in [-0.05, 0) is 37.8 Å². The summed E-state index contributed by atoms with van der Waals surface area (Å²) in [5.74, 6) is 0. The Labute approximate surface area is 116 Å². The van der Waals surface area contributed by atoms with Gasteiger partial charge in [0.15, 0.2) is 0 Å². The van der Waals surface area contributed by atoms with Gasteiger partial charge in [-0.2, -0.15) is 0 Å². The van der Waals surface area contributed by atoms with Crippen molar-refractivity contribution in [3.05, 3.63) is 35.9 Å². The summed E-state index contributed by atoms with van der Waals surface area (Å²) >= 11 is 0. The van der Waals surface area contributed by atoms with E-state index in [0.29, 0.717) is 6.04 Å². The predicted octanol–water partition coefficient (Wildman–Crippen LogP) is 2.40. The van der Waals surface area contributed by atoms with E-state index in [9.17, 15) is 0 Å². The van der Waals surface area contributed by atoms with Crippen LogP contribution in [0.25, 0.3) is 0 Å². The fraction of sp³-hybridized carbons (Fsp3) is 0.625. The van der Waals surface area contributed by atoms with Crippen LogP contribution >= 0.6 is 0 Å². The lowest BCUT2D eigenvalue weighted by Gasteiger charge is -2.31. The first kappa shape index (κ1) is 14.5. The molecule has 0 aliphatic heterocycles. The zero-order chi connectivity index (χ0) is 13.5. The lowest BCUT2D eigenvalue weighted by Crippen LogP contribution is -2.40. The highest BCUT2D eigenvalue weighted by Crippen LogP contribution is 2.31. The Morgan fingerprint density at radius 3 is 2.63 bits per heavy atom. The van der Waals surface area contributed by atoms with Crippen LogP contribution in [0.1, 0.15) is 31.2 Å². The highest BCUT2D eigenvalue weighted by atomic mass is 16.5. The second-order valence-corrected chi connectivity index (χ2v) is 5.43. The minimum Gasteiger partial charge on any atom is -0.383 e. The minimum atomic E-state index is 0.501. The summed E-state index contributed by atoms with van der Waals surface area (Å²) < 4.78 is 5.42. The van der Waals surface area contributed by atoms with E-state index in [0.717, 1.165) is 38.6 Å². The van der Waals surface area contributed by atoms with E-state index in [4.69, 9.17) is 10.5 Å². The molecule has 0 spiro atoms. The Morgan fingerprint density at radius 1 is 1.32 bits per heavy atom. The van der Waals surface area contributed by atoms with Crippen molar-refractivity contribution in [3.8, 4) is 0 Å². The molecule has 0 aromatic heterocycles. The second kappa shape index (κ2) is 7.63. The van der Waals surface area contributed by atoms with Crippen molar-refractivity contribution < 1.29 is 4.74 Å². The summed E-state index contributed by atoms with van der Waals surface area (Å²) in [7, 11) is 1.79. The molecule has 0 bridgehead atoms. The van der Waals surface area contributed by atoms with Gasteiger partial charge in [-0.15, -0.1) is 0 Å². The lowest BCUT2D eigenvalue weighted by atomic mass is 10.1. The molecule has 0 amide bonds. The first-order valence-electron chi connectivity index (χ1n) is 7.34. The molecule has 1 aliphatic rings. The van der Waals surface area contributed by atoms with Gasteiger partial charge >= 0.3 is 0 Å². The maximum absolute atomic E-state index is 5.66. The van der Waals surface area contributed by atoms with Gasteiger partial charge in [0.2, 0.25) is 0 Å². The fourth-order valence-electron chi connectivity index (χ4n) is 2.65. The number of hydrogen-bond acceptors (Lipinski definition) is 3. The normalized spacial score (nSPS) is 16.8. The van der Waals surface area contributed by atoms with Crippen LogP contribution in [0.3, 0.4) is 0 Å². The number of rotatable bonds is 9. The van der Waals surface area contributed by atoms with Crippen molar-refractivity contribution in [2.75, 3.05) is 20.3 Å². The van der Waals surface area contributed by atoms with Crippen molar-refractivity contribution in [1.29, 1.82) is 0 Å². The third kappa shape index (κ3) is 4.60. The molecule has 3 heteroatoms. The highest BCUT2D eigenvalue weighted by Gasteiger charge is 2.33. The number of methoxy groups -OCH3 is 1. The van der Waals surface area contributed by atoms with Crippen molar-refractivity contribution in [1.82, 2.24) is 4.90 Å². The number of nitrogens with zero attached hydrogens (tertiary/aromatic N) is 1. The average molecular weight is 262 g/mol. The number of ether oxygens (including phenoxy) is 1. The van der Waals surface area contributed by atoms with E-state index in [1.807, 2.05) is 0 Å². The van der Waals surface area contributed by atoms with Crippen LogP contribution in [0.4, 0.5) is 0 Å². The van der Waals surface area contributed by atoms with E-state index < -0.39 is 0 Å². The van der Waals surface area contributed by atoms with Crippen molar-refractivity contribution >= 4 is 0 Å². The van der Waals surface area contributed by atoms with Gasteiger partial charge in [-0.3, -0.25) is 4.90 Å². The molecule has 1 fully saturated rings. The summed E-state index contributed by atoms with van der Waals surface area (Å²) in [4.78, 5) is 2.62. The Kier molecular flexibility index (Phi) is 5.83. The molecule has 0 radical (unpaired) electrons. The molecule has 1 saturated carbocycles. The van der Waals surface area contributed by atoms with Crippen LogP contribution in [0.2, 0.25) is 0 Å². The van der Waals surface area contributed by atoms with Crippen LogP contribution in [-0.4, -0.2) is 37.2 Å². The number of benzene rings is 1. The first-order valence-corrected chi connectivity index (χ1v) is 7.34. The second-order valence-electron chi connectivity index (χ2n) is 5.43. The zero-order valence-corrected chi connectivity index (χ0v) is 11.9. The number of hydrogen-bond donors (Lipinski definition) is 1. The van der Waals surface area contributed by atoms with Crippen LogP contribution in [0, 0.1) is 0 Å². The van der Waals surface area contributed by atoms with E-state index in [1.165, 1.54) is 18.4 Å². The zero-order valence-electron chi connectivity index (χ0n) is 11.9. The molecule has 0 heterocycles. The molecule has 3 nitrogen and oxygen atoms in total. The van der Waals surface area contributed by atoms with Crippen molar-refractivity contribution in [3.63, 3.8) is 0 Å². The molecule has 1 atom stereocenters. The molecule has 2 N–H and O–H groups in total. The van der Waals surface area contributed by atoms with E-state index in [1.54, 1.807) is 7.11 Å². The summed E-state index contributed by atoms with van der Waals surface area (Å²) in [6.45, 7) is 2.61. The summed E-state index contributed by atoms with van der Waals surface area (Å²) in [6, 6.07) is 12.0. The Balaban J connectivity index is 2.00. The Bertz CT molecular complexity index is 351. The van der Waals surface area contributed by atoms with Gasteiger partial charge in [0.1, 0.15) is 0 Å². The molecule has 106 valence electrons. The molecule has 2 rings (SSSR count).